The van der Waals surface area contributed by atoms with Gasteiger partial charge in [0, 0.05) is 19.6 Å². The lowest BCUT2D eigenvalue weighted by molar-refractivity contribution is 0.0374. The molecular formula is C12H16Cl2N4O2. The van der Waals surface area contributed by atoms with Crippen LogP contribution >= 0.6 is 23.2 Å². The summed E-state index contributed by atoms with van der Waals surface area (Å²) in [5, 5.41) is 10.2. The third-order valence-corrected chi connectivity index (χ3v) is 3.47. The van der Waals surface area contributed by atoms with Crippen LogP contribution in [-0.4, -0.2) is 60.4 Å². The molecule has 1 aliphatic rings. The standard InChI is InChI=1S/C12H16Cl2N4O2/c13-10-8-9(11(14)17-16-10)12(19)15-2-1-3-18-4-6-20-7-5-18/h8H,1-7H2,(H,15,19). The Balaban J connectivity index is 1.73. The minimum Gasteiger partial charge on any atom is -0.379 e. The average molecular weight is 319 g/mol. The van der Waals surface area contributed by atoms with Crippen molar-refractivity contribution in [3.05, 3.63) is 21.9 Å². The molecule has 0 atom stereocenters. The molecule has 0 spiro atoms. The van der Waals surface area contributed by atoms with E-state index in [0.29, 0.717) is 6.54 Å². The predicted octanol–water partition coefficient (Wildman–Crippen LogP) is 1.24. The van der Waals surface area contributed by atoms with Crippen LogP contribution in [0.15, 0.2) is 6.07 Å². The highest BCUT2D eigenvalue weighted by molar-refractivity contribution is 6.34. The van der Waals surface area contributed by atoms with Gasteiger partial charge in [0.2, 0.25) is 0 Å². The Kier molecular flexibility index (Phi) is 5.97. The second kappa shape index (κ2) is 7.73. The van der Waals surface area contributed by atoms with Gasteiger partial charge in [-0.25, -0.2) is 0 Å². The molecule has 1 aromatic heterocycles. The zero-order valence-electron chi connectivity index (χ0n) is 10.9. The van der Waals surface area contributed by atoms with E-state index in [2.05, 4.69) is 20.4 Å². The van der Waals surface area contributed by atoms with Crippen LogP contribution in [0.4, 0.5) is 0 Å². The van der Waals surface area contributed by atoms with Gasteiger partial charge in [0.15, 0.2) is 10.3 Å². The van der Waals surface area contributed by atoms with Crippen LogP contribution in [0.1, 0.15) is 16.8 Å². The molecule has 1 amide bonds. The summed E-state index contributed by atoms with van der Waals surface area (Å²) in [7, 11) is 0. The molecule has 2 heterocycles. The van der Waals surface area contributed by atoms with Crippen molar-refractivity contribution < 1.29 is 9.53 Å². The molecule has 110 valence electrons. The number of hydrogen-bond donors (Lipinski definition) is 1. The SMILES string of the molecule is O=C(NCCCN1CCOCC1)c1cc(Cl)nnc1Cl. The Morgan fingerprint density at radius 2 is 2.10 bits per heavy atom. The number of amides is 1. The lowest BCUT2D eigenvalue weighted by atomic mass is 10.3. The molecule has 0 aliphatic carbocycles. The molecule has 1 saturated heterocycles. The van der Waals surface area contributed by atoms with Crippen LogP contribution in [0, 0.1) is 0 Å². The highest BCUT2D eigenvalue weighted by Crippen LogP contribution is 2.14. The fourth-order valence-electron chi connectivity index (χ4n) is 1.94. The first-order valence-corrected chi connectivity index (χ1v) is 7.19. The summed E-state index contributed by atoms with van der Waals surface area (Å²) in [4.78, 5) is 14.2. The number of carbonyl (C=O) groups excluding carboxylic acids is 1. The molecule has 1 fully saturated rings. The molecule has 0 bridgehead atoms. The van der Waals surface area contributed by atoms with Gasteiger partial charge in [0.05, 0.1) is 18.8 Å². The lowest BCUT2D eigenvalue weighted by Gasteiger charge is -2.26. The largest absolute Gasteiger partial charge is 0.379 e. The predicted molar refractivity (Wildman–Crippen MR) is 76.3 cm³/mol. The normalized spacial score (nSPS) is 16.1. The van der Waals surface area contributed by atoms with Gasteiger partial charge >= 0.3 is 0 Å². The van der Waals surface area contributed by atoms with Gasteiger partial charge in [0.25, 0.3) is 5.91 Å². The first-order valence-electron chi connectivity index (χ1n) is 6.44. The highest BCUT2D eigenvalue weighted by atomic mass is 35.5. The number of morpholine rings is 1. The maximum absolute atomic E-state index is 11.9. The third kappa shape index (κ3) is 4.56. The number of aromatic nitrogens is 2. The smallest absolute Gasteiger partial charge is 0.254 e. The van der Waals surface area contributed by atoms with E-state index in [9.17, 15) is 4.79 Å². The number of nitrogens with zero attached hydrogens (tertiary/aromatic N) is 3. The van der Waals surface area contributed by atoms with E-state index in [1.807, 2.05) is 0 Å². The summed E-state index contributed by atoms with van der Waals surface area (Å²) in [5.41, 5.74) is 0.248. The van der Waals surface area contributed by atoms with Crippen LogP contribution in [-0.2, 0) is 4.74 Å². The number of nitrogens with one attached hydrogen (secondary N) is 1. The van der Waals surface area contributed by atoms with E-state index in [0.717, 1.165) is 39.3 Å². The van der Waals surface area contributed by atoms with Crippen molar-refractivity contribution in [2.75, 3.05) is 39.4 Å². The molecule has 0 aromatic carbocycles. The minimum atomic E-state index is -0.284. The lowest BCUT2D eigenvalue weighted by Crippen LogP contribution is -2.38. The van der Waals surface area contributed by atoms with Gasteiger partial charge in [0.1, 0.15) is 0 Å². The first-order chi connectivity index (χ1) is 9.66. The number of carbonyl (C=O) groups is 1. The number of hydrogen-bond acceptors (Lipinski definition) is 5. The topological polar surface area (TPSA) is 67.4 Å². The van der Waals surface area contributed by atoms with Crippen LogP contribution in [0.2, 0.25) is 10.3 Å². The molecule has 6 nitrogen and oxygen atoms in total. The van der Waals surface area contributed by atoms with Crippen molar-refractivity contribution >= 4 is 29.1 Å². The fourth-order valence-corrected chi connectivity index (χ4v) is 2.26. The summed E-state index contributed by atoms with van der Waals surface area (Å²) >= 11 is 11.5. The second-order valence-corrected chi connectivity index (χ2v) is 5.18. The third-order valence-electron chi connectivity index (χ3n) is 3.00. The van der Waals surface area contributed by atoms with Crippen molar-refractivity contribution in [2.45, 2.75) is 6.42 Å². The van der Waals surface area contributed by atoms with E-state index in [-0.39, 0.29) is 21.8 Å². The molecule has 1 N–H and O–H groups in total. The Hall–Kier alpha value is -0.950. The Morgan fingerprint density at radius 3 is 2.85 bits per heavy atom. The van der Waals surface area contributed by atoms with Gasteiger partial charge in [-0.2, -0.15) is 0 Å². The summed E-state index contributed by atoms with van der Waals surface area (Å²) in [6, 6.07) is 1.41. The molecule has 0 saturated carbocycles. The Bertz CT molecular complexity index is 467. The number of ether oxygens (including phenoxy) is 1. The van der Waals surface area contributed by atoms with E-state index < -0.39 is 0 Å². The first kappa shape index (κ1) is 15.4. The molecule has 1 aromatic rings. The average Bonchev–Trinajstić information content (AvgIpc) is 2.47. The number of rotatable bonds is 5. The maximum atomic E-state index is 11.9. The van der Waals surface area contributed by atoms with Crippen molar-refractivity contribution in [2.24, 2.45) is 0 Å². The minimum absolute atomic E-state index is 0.0556. The van der Waals surface area contributed by atoms with Gasteiger partial charge < -0.3 is 10.1 Å². The van der Waals surface area contributed by atoms with Crippen LogP contribution in [0.5, 0.6) is 0 Å². The van der Waals surface area contributed by atoms with Gasteiger partial charge in [-0.05, 0) is 19.0 Å². The fraction of sp³-hybridized carbons (Fsp3) is 0.583. The van der Waals surface area contributed by atoms with Crippen molar-refractivity contribution in [3.8, 4) is 0 Å². The van der Waals surface area contributed by atoms with E-state index >= 15 is 0 Å². The van der Waals surface area contributed by atoms with Crippen LogP contribution in [0.3, 0.4) is 0 Å². The van der Waals surface area contributed by atoms with E-state index in [1.54, 1.807) is 0 Å². The Labute approximate surface area is 127 Å². The van der Waals surface area contributed by atoms with E-state index in [4.69, 9.17) is 27.9 Å². The second-order valence-electron chi connectivity index (χ2n) is 4.44. The van der Waals surface area contributed by atoms with Crippen molar-refractivity contribution in [3.63, 3.8) is 0 Å². The van der Waals surface area contributed by atoms with Crippen LogP contribution in [0.25, 0.3) is 0 Å². The molecule has 20 heavy (non-hydrogen) atoms. The van der Waals surface area contributed by atoms with Gasteiger partial charge in [-0.15, -0.1) is 10.2 Å². The molecular weight excluding hydrogens is 303 g/mol. The summed E-state index contributed by atoms with van der Waals surface area (Å²) < 4.78 is 5.28. The maximum Gasteiger partial charge on any atom is 0.254 e. The van der Waals surface area contributed by atoms with Crippen molar-refractivity contribution in [1.82, 2.24) is 20.4 Å². The molecule has 1 aliphatic heterocycles. The molecule has 0 unspecified atom stereocenters. The van der Waals surface area contributed by atoms with Gasteiger partial charge in [-0.3, -0.25) is 9.69 Å². The summed E-state index contributed by atoms with van der Waals surface area (Å²) in [6.45, 7) is 4.97. The van der Waals surface area contributed by atoms with Gasteiger partial charge in [-0.1, -0.05) is 23.2 Å². The number of halogens is 2. The van der Waals surface area contributed by atoms with Crippen LogP contribution < -0.4 is 5.32 Å². The monoisotopic (exact) mass is 318 g/mol. The highest BCUT2D eigenvalue weighted by Gasteiger charge is 2.13. The van der Waals surface area contributed by atoms with Crippen molar-refractivity contribution in [1.29, 1.82) is 0 Å². The van der Waals surface area contributed by atoms with E-state index in [1.165, 1.54) is 6.07 Å². The Morgan fingerprint density at radius 1 is 1.35 bits per heavy atom. The molecule has 2 rings (SSSR count). The zero-order chi connectivity index (χ0) is 14.4. The quantitative estimate of drug-likeness (QED) is 0.827. The zero-order valence-corrected chi connectivity index (χ0v) is 12.5. The summed E-state index contributed by atoms with van der Waals surface area (Å²) in [5.74, 6) is -0.284. The molecule has 0 radical (unpaired) electrons. The molecule has 8 heteroatoms. The summed E-state index contributed by atoms with van der Waals surface area (Å²) in [6.07, 6.45) is 0.871.